The van der Waals surface area contributed by atoms with Crippen molar-refractivity contribution >= 4 is 5.91 Å². The van der Waals surface area contributed by atoms with Crippen molar-refractivity contribution in [2.24, 2.45) is 0 Å². The third-order valence-corrected chi connectivity index (χ3v) is 5.82. The molecule has 7 nitrogen and oxygen atoms in total. The average Bonchev–Trinajstić information content (AvgIpc) is 3.54. The van der Waals surface area contributed by atoms with Crippen LogP contribution in [0.4, 0.5) is 0 Å². The first-order chi connectivity index (χ1) is 15.6. The van der Waals surface area contributed by atoms with E-state index in [1.165, 1.54) is 0 Å². The highest BCUT2D eigenvalue weighted by Crippen LogP contribution is 2.45. The number of hydrogen-bond acceptors (Lipinski definition) is 5. The normalized spacial score (nSPS) is 15.2. The molecule has 7 heteroatoms. The predicted molar refractivity (Wildman–Crippen MR) is 119 cm³/mol. The Balaban J connectivity index is 1.67. The van der Waals surface area contributed by atoms with Crippen molar-refractivity contribution in [3.8, 4) is 22.8 Å². The molecule has 1 N–H and O–H groups in total. The number of ether oxygens (including phenoxy) is 2. The number of hydrogen-bond donors (Lipinski definition) is 1. The van der Waals surface area contributed by atoms with Crippen LogP contribution in [-0.4, -0.2) is 35.2 Å². The van der Waals surface area contributed by atoms with Gasteiger partial charge in [-0.25, -0.2) is 0 Å². The van der Waals surface area contributed by atoms with E-state index < -0.39 is 0 Å². The first-order valence-corrected chi connectivity index (χ1v) is 10.3. The number of rotatable bonds is 6. The van der Waals surface area contributed by atoms with Gasteiger partial charge in [0.15, 0.2) is 11.5 Å². The quantitative estimate of drug-likeness (QED) is 0.479. The van der Waals surface area contributed by atoms with Crippen molar-refractivity contribution in [1.82, 2.24) is 15.1 Å². The summed E-state index contributed by atoms with van der Waals surface area (Å²) in [6, 6.07) is 17.2. The Hall–Kier alpha value is -4.00. The fraction of sp³-hybridized carbons (Fsp3) is 0.200. The number of nitrogens with zero attached hydrogens (tertiary/aromatic N) is 2. The van der Waals surface area contributed by atoms with Gasteiger partial charge in [-0.05, 0) is 36.8 Å². The Morgan fingerprint density at radius 2 is 1.84 bits per heavy atom. The molecule has 3 heterocycles. The number of carbonyl (C=O) groups excluding carboxylic acids is 1. The summed E-state index contributed by atoms with van der Waals surface area (Å²) in [6.07, 6.45) is 1.61. The highest BCUT2D eigenvalue weighted by molar-refractivity contribution is 6.00. The zero-order valence-corrected chi connectivity index (χ0v) is 18.1. The summed E-state index contributed by atoms with van der Waals surface area (Å²) in [6.45, 7) is 2.38. The van der Waals surface area contributed by atoms with Crippen molar-refractivity contribution in [1.29, 1.82) is 0 Å². The van der Waals surface area contributed by atoms with Crippen molar-refractivity contribution in [2.45, 2.75) is 19.5 Å². The van der Waals surface area contributed by atoms with Gasteiger partial charge >= 0.3 is 0 Å². The van der Waals surface area contributed by atoms with Crippen molar-refractivity contribution < 1.29 is 18.7 Å². The SMILES string of the molecule is COc1ccc(C2c3c(-c4ccc(C)cc4)n[nH]c3C(=O)N2Cc2ccco2)cc1OC. The third kappa shape index (κ3) is 3.22. The lowest BCUT2D eigenvalue weighted by atomic mass is 9.95. The van der Waals surface area contributed by atoms with Crippen LogP contribution in [0.5, 0.6) is 11.5 Å². The zero-order chi connectivity index (χ0) is 22.2. The summed E-state index contributed by atoms with van der Waals surface area (Å²) in [7, 11) is 3.20. The number of methoxy groups -OCH3 is 2. The molecule has 0 bridgehead atoms. The van der Waals surface area contributed by atoms with Gasteiger partial charge in [0.05, 0.1) is 38.8 Å². The van der Waals surface area contributed by atoms with Crippen LogP contribution in [0, 0.1) is 6.92 Å². The summed E-state index contributed by atoms with van der Waals surface area (Å²) in [5.74, 6) is 1.81. The Morgan fingerprint density at radius 3 is 2.53 bits per heavy atom. The molecule has 162 valence electrons. The number of aromatic amines is 1. The number of carbonyl (C=O) groups is 1. The molecule has 1 atom stereocenters. The molecule has 2 aromatic carbocycles. The molecule has 0 spiro atoms. The molecular weight excluding hydrogens is 406 g/mol. The van der Waals surface area contributed by atoms with E-state index in [0.717, 1.165) is 27.9 Å². The molecule has 0 saturated heterocycles. The zero-order valence-electron chi connectivity index (χ0n) is 18.1. The summed E-state index contributed by atoms with van der Waals surface area (Å²) < 4.78 is 16.5. The summed E-state index contributed by atoms with van der Waals surface area (Å²) in [4.78, 5) is 15.2. The molecule has 1 amide bonds. The maximum absolute atomic E-state index is 13.4. The van der Waals surface area contributed by atoms with Gasteiger partial charge in [-0.15, -0.1) is 0 Å². The smallest absolute Gasteiger partial charge is 0.273 e. The second-order valence-corrected chi connectivity index (χ2v) is 7.76. The fourth-order valence-electron chi connectivity index (χ4n) is 4.23. The second kappa shape index (κ2) is 7.92. The minimum atomic E-state index is -0.363. The van der Waals surface area contributed by atoms with Gasteiger partial charge in [0, 0.05) is 11.1 Å². The van der Waals surface area contributed by atoms with Crippen molar-refractivity contribution in [2.75, 3.05) is 14.2 Å². The first kappa shape index (κ1) is 19.9. The van der Waals surface area contributed by atoms with Crippen LogP contribution < -0.4 is 9.47 Å². The van der Waals surface area contributed by atoms with Gasteiger partial charge in [-0.3, -0.25) is 9.89 Å². The van der Waals surface area contributed by atoms with E-state index in [1.54, 1.807) is 25.4 Å². The molecule has 5 rings (SSSR count). The third-order valence-electron chi connectivity index (χ3n) is 5.82. The number of nitrogens with one attached hydrogen (secondary N) is 1. The van der Waals surface area contributed by atoms with Crippen molar-refractivity contribution in [3.05, 3.63) is 89.0 Å². The van der Waals surface area contributed by atoms with Crippen LogP contribution in [0.3, 0.4) is 0 Å². The number of aromatic nitrogens is 2. The van der Waals surface area contributed by atoms with Crippen LogP contribution in [0.2, 0.25) is 0 Å². The monoisotopic (exact) mass is 429 g/mol. The van der Waals surface area contributed by atoms with Crippen LogP contribution in [0.25, 0.3) is 11.3 Å². The van der Waals surface area contributed by atoms with E-state index in [9.17, 15) is 4.79 Å². The number of amides is 1. The van der Waals surface area contributed by atoms with E-state index in [0.29, 0.717) is 29.5 Å². The van der Waals surface area contributed by atoms with Gasteiger partial charge < -0.3 is 18.8 Å². The van der Waals surface area contributed by atoms with Crippen LogP contribution in [0.15, 0.2) is 65.3 Å². The Kier molecular flexibility index (Phi) is 4.93. The van der Waals surface area contributed by atoms with Gasteiger partial charge in [-0.1, -0.05) is 35.9 Å². The molecule has 1 aliphatic rings. The van der Waals surface area contributed by atoms with Gasteiger partial charge in [0.25, 0.3) is 5.91 Å². The molecule has 1 aliphatic heterocycles. The largest absolute Gasteiger partial charge is 0.493 e. The van der Waals surface area contributed by atoms with E-state index in [-0.39, 0.29) is 11.9 Å². The highest BCUT2D eigenvalue weighted by atomic mass is 16.5. The number of aryl methyl sites for hydroxylation is 1. The molecule has 2 aromatic heterocycles. The predicted octanol–water partition coefficient (Wildman–Crippen LogP) is 4.74. The summed E-state index contributed by atoms with van der Waals surface area (Å²) in [5, 5.41) is 7.50. The van der Waals surface area contributed by atoms with E-state index in [2.05, 4.69) is 10.2 Å². The molecule has 1 unspecified atom stereocenters. The Bertz CT molecular complexity index is 1260. The molecule has 0 radical (unpaired) electrons. The number of benzene rings is 2. The molecule has 0 fully saturated rings. The Labute approximate surface area is 185 Å². The Morgan fingerprint density at radius 1 is 1.06 bits per heavy atom. The lowest BCUT2D eigenvalue weighted by molar-refractivity contribution is 0.0717. The number of furan rings is 1. The fourth-order valence-corrected chi connectivity index (χ4v) is 4.23. The lowest BCUT2D eigenvalue weighted by Gasteiger charge is -2.26. The molecule has 0 saturated carbocycles. The lowest BCUT2D eigenvalue weighted by Crippen LogP contribution is -2.29. The molecule has 0 aliphatic carbocycles. The summed E-state index contributed by atoms with van der Waals surface area (Å²) >= 11 is 0. The maximum atomic E-state index is 13.4. The second-order valence-electron chi connectivity index (χ2n) is 7.76. The van der Waals surface area contributed by atoms with Gasteiger partial charge in [-0.2, -0.15) is 5.10 Å². The van der Waals surface area contributed by atoms with Gasteiger partial charge in [0.1, 0.15) is 11.5 Å². The highest BCUT2D eigenvalue weighted by Gasteiger charge is 2.42. The average molecular weight is 429 g/mol. The van der Waals surface area contributed by atoms with Crippen LogP contribution in [0.1, 0.15) is 39.0 Å². The minimum Gasteiger partial charge on any atom is -0.493 e. The van der Waals surface area contributed by atoms with Crippen LogP contribution in [-0.2, 0) is 6.54 Å². The van der Waals surface area contributed by atoms with E-state index in [4.69, 9.17) is 13.9 Å². The molecule has 32 heavy (non-hydrogen) atoms. The van der Waals surface area contributed by atoms with Crippen LogP contribution >= 0.6 is 0 Å². The summed E-state index contributed by atoms with van der Waals surface area (Å²) in [5.41, 5.74) is 5.11. The maximum Gasteiger partial charge on any atom is 0.273 e. The number of H-pyrrole nitrogens is 1. The van der Waals surface area contributed by atoms with E-state index >= 15 is 0 Å². The standard InChI is InChI=1S/C25H23N3O4/c1-15-6-8-16(9-7-15)22-21-23(27-26-22)25(29)28(14-18-5-4-12-32-18)24(21)17-10-11-19(30-2)20(13-17)31-3/h4-13,24H,14H2,1-3H3,(H,26,27). The van der Waals surface area contributed by atoms with E-state index in [1.807, 2.05) is 61.5 Å². The first-order valence-electron chi connectivity index (χ1n) is 10.3. The minimum absolute atomic E-state index is 0.123. The van der Waals surface area contributed by atoms with Crippen molar-refractivity contribution in [3.63, 3.8) is 0 Å². The molecule has 4 aromatic rings. The van der Waals surface area contributed by atoms with Gasteiger partial charge in [0.2, 0.25) is 0 Å². The molecular formula is C25H23N3O4. The number of fused-ring (bicyclic) bond motifs is 1. The topological polar surface area (TPSA) is 80.6 Å².